The third kappa shape index (κ3) is 2.58. The third-order valence-corrected chi connectivity index (χ3v) is 5.57. The summed E-state index contributed by atoms with van der Waals surface area (Å²) >= 11 is 12.5. The van der Waals surface area contributed by atoms with E-state index < -0.39 is 5.72 Å². The topological polar surface area (TPSA) is 60.0 Å². The molecule has 3 heterocycles. The van der Waals surface area contributed by atoms with E-state index in [9.17, 15) is 4.79 Å². The Morgan fingerprint density at radius 3 is 2.74 bits per heavy atom. The van der Waals surface area contributed by atoms with Crippen LogP contribution >= 0.6 is 23.2 Å². The number of carbonyl (C=O) groups excluding carboxylic acids is 1. The molecule has 2 amide bonds. The van der Waals surface area contributed by atoms with Crippen molar-refractivity contribution in [3.05, 3.63) is 45.9 Å². The van der Waals surface area contributed by atoms with Gasteiger partial charge in [-0.1, -0.05) is 23.2 Å². The van der Waals surface area contributed by atoms with Gasteiger partial charge in [-0.3, -0.25) is 4.90 Å². The van der Waals surface area contributed by atoms with E-state index >= 15 is 0 Å². The molecule has 3 aliphatic heterocycles. The van der Waals surface area contributed by atoms with E-state index in [-0.39, 0.29) is 12.1 Å². The van der Waals surface area contributed by atoms with Crippen LogP contribution in [0.3, 0.4) is 0 Å². The second-order valence-corrected chi connectivity index (χ2v) is 7.80. The van der Waals surface area contributed by atoms with Crippen molar-refractivity contribution in [3.63, 3.8) is 0 Å². The molecule has 1 saturated heterocycles. The molecule has 0 aromatic heterocycles. The van der Waals surface area contributed by atoms with Crippen LogP contribution in [0, 0.1) is 0 Å². The lowest BCUT2D eigenvalue weighted by Crippen LogP contribution is -2.65. The highest BCUT2D eigenvalue weighted by molar-refractivity contribution is 6.35. The van der Waals surface area contributed by atoms with Gasteiger partial charge in [-0.15, -0.1) is 0 Å². The van der Waals surface area contributed by atoms with Crippen molar-refractivity contribution in [3.8, 4) is 17.2 Å². The van der Waals surface area contributed by atoms with E-state index in [0.29, 0.717) is 52.6 Å². The SMILES string of the molecule is C[C@@]12C[C@@H](NC(=O)N1c1ccc3c(c1)OCCO3)c1cc(Cl)cc(Cl)c1O2. The summed E-state index contributed by atoms with van der Waals surface area (Å²) in [6, 6.07) is 8.36. The summed E-state index contributed by atoms with van der Waals surface area (Å²) in [6.07, 6.45) is 0.552. The van der Waals surface area contributed by atoms with Crippen molar-refractivity contribution in [2.75, 3.05) is 18.1 Å². The van der Waals surface area contributed by atoms with Gasteiger partial charge in [0.2, 0.25) is 0 Å². The summed E-state index contributed by atoms with van der Waals surface area (Å²) in [4.78, 5) is 14.6. The summed E-state index contributed by atoms with van der Waals surface area (Å²) in [5.74, 6) is 1.82. The molecule has 0 radical (unpaired) electrons. The first-order chi connectivity index (χ1) is 12.9. The lowest BCUT2D eigenvalue weighted by Gasteiger charge is -2.50. The van der Waals surface area contributed by atoms with Crippen LogP contribution in [0.2, 0.25) is 10.0 Å². The maximum Gasteiger partial charge on any atom is 0.325 e. The summed E-state index contributed by atoms with van der Waals surface area (Å²) in [6.45, 7) is 2.86. The average molecular weight is 407 g/mol. The fourth-order valence-corrected chi connectivity index (χ4v) is 4.50. The Labute approximate surface area is 165 Å². The fourth-order valence-electron chi connectivity index (χ4n) is 3.95. The van der Waals surface area contributed by atoms with Gasteiger partial charge in [0.15, 0.2) is 17.2 Å². The van der Waals surface area contributed by atoms with E-state index in [1.165, 1.54) is 0 Å². The molecule has 1 N–H and O–H groups in total. The lowest BCUT2D eigenvalue weighted by atomic mass is 9.90. The lowest BCUT2D eigenvalue weighted by molar-refractivity contribution is 0.0379. The number of amides is 2. The number of fused-ring (bicyclic) bond motifs is 5. The zero-order valence-electron chi connectivity index (χ0n) is 14.4. The highest BCUT2D eigenvalue weighted by Crippen LogP contribution is 2.49. The standard InChI is InChI=1S/C19H16Cl2N2O4/c1-19-9-14(12-6-10(20)7-13(21)17(12)27-19)22-18(24)23(19)11-2-3-15-16(8-11)26-5-4-25-15/h2-3,6-8,14H,4-5,9H2,1H3,(H,22,24)/t14-,19-/m1/s1. The molecular weight excluding hydrogens is 391 g/mol. The van der Waals surface area contributed by atoms with Crippen molar-refractivity contribution in [1.82, 2.24) is 5.32 Å². The predicted octanol–water partition coefficient (Wildman–Crippen LogP) is 4.53. The number of halogens is 2. The van der Waals surface area contributed by atoms with E-state index in [2.05, 4.69) is 5.32 Å². The van der Waals surface area contributed by atoms with Gasteiger partial charge < -0.3 is 19.5 Å². The number of nitrogens with one attached hydrogen (secondary N) is 1. The number of rotatable bonds is 1. The Balaban J connectivity index is 1.59. The van der Waals surface area contributed by atoms with Gasteiger partial charge in [0.1, 0.15) is 19.0 Å². The minimum atomic E-state index is -0.902. The maximum absolute atomic E-state index is 13.0. The molecule has 3 aliphatic rings. The number of anilines is 1. The van der Waals surface area contributed by atoms with Gasteiger partial charge in [-0.2, -0.15) is 0 Å². The molecule has 5 rings (SSSR count). The van der Waals surface area contributed by atoms with Crippen molar-refractivity contribution < 1.29 is 19.0 Å². The number of hydrogen-bond donors (Lipinski definition) is 1. The first kappa shape index (κ1) is 16.8. The predicted molar refractivity (Wildman–Crippen MR) is 101 cm³/mol. The van der Waals surface area contributed by atoms with Crippen LogP contribution in [0.5, 0.6) is 17.2 Å². The third-order valence-electron chi connectivity index (χ3n) is 5.08. The normalized spacial score (nSPS) is 25.4. The summed E-state index contributed by atoms with van der Waals surface area (Å²) in [5.41, 5.74) is 0.549. The van der Waals surface area contributed by atoms with Crippen LogP contribution in [0.25, 0.3) is 0 Å². The zero-order chi connectivity index (χ0) is 18.8. The molecule has 0 unspecified atom stereocenters. The first-order valence-electron chi connectivity index (χ1n) is 8.63. The van der Waals surface area contributed by atoms with Gasteiger partial charge in [0.05, 0.1) is 16.8 Å². The highest BCUT2D eigenvalue weighted by Gasteiger charge is 2.50. The van der Waals surface area contributed by atoms with E-state index in [1.807, 2.05) is 13.0 Å². The van der Waals surface area contributed by atoms with Crippen LogP contribution in [0.15, 0.2) is 30.3 Å². The summed E-state index contributed by atoms with van der Waals surface area (Å²) in [7, 11) is 0. The number of benzene rings is 2. The van der Waals surface area contributed by atoms with Gasteiger partial charge >= 0.3 is 6.03 Å². The van der Waals surface area contributed by atoms with E-state index in [0.717, 1.165) is 5.56 Å². The second-order valence-electron chi connectivity index (χ2n) is 6.95. The second kappa shape index (κ2) is 5.84. The molecule has 0 aliphatic carbocycles. The summed E-state index contributed by atoms with van der Waals surface area (Å²) < 4.78 is 17.5. The number of hydrogen-bond acceptors (Lipinski definition) is 4. The number of urea groups is 1. The van der Waals surface area contributed by atoms with Crippen LogP contribution in [-0.4, -0.2) is 25.0 Å². The molecule has 2 bridgehead atoms. The molecule has 8 heteroatoms. The van der Waals surface area contributed by atoms with Crippen molar-refractivity contribution in [2.24, 2.45) is 0 Å². The minimum absolute atomic E-state index is 0.226. The fraction of sp³-hybridized carbons (Fsp3) is 0.316. The molecule has 140 valence electrons. The highest BCUT2D eigenvalue weighted by atomic mass is 35.5. The average Bonchev–Trinajstić information content (AvgIpc) is 2.62. The Kier molecular flexibility index (Phi) is 3.64. The number of ether oxygens (including phenoxy) is 3. The van der Waals surface area contributed by atoms with Crippen molar-refractivity contribution in [2.45, 2.75) is 25.1 Å². The molecule has 0 saturated carbocycles. The van der Waals surface area contributed by atoms with Crippen LogP contribution < -0.4 is 24.4 Å². The molecule has 0 spiro atoms. The molecule has 1 fully saturated rings. The molecule has 27 heavy (non-hydrogen) atoms. The Hall–Kier alpha value is -2.31. The van der Waals surface area contributed by atoms with Crippen molar-refractivity contribution >= 4 is 34.9 Å². The van der Waals surface area contributed by atoms with Gasteiger partial charge in [0, 0.05) is 23.1 Å². The molecule has 2 atom stereocenters. The van der Waals surface area contributed by atoms with Crippen LogP contribution in [0.4, 0.5) is 10.5 Å². The summed E-state index contributed by atoms with van der Waals surface area (Å²) in [5, 5.41) is 3.96. The Morgan fingerprint density at radius 2 is 1.93 bits per heavy atom. The minimum Gasteiger partial charge on any atom is -0.486 e. The molecule has 6 nitrogen and oxygen atoms in total. The largest absolute Gasteiger partial charge is 0.486 e. The van der Waals surface area contributed by atoms with Crippen LogP contribution in [-0.2, 0) is 0 Å². The van der Waals surface area contributed by atoms with Crippen molar-refractivity contribution in [1.29, 1.82) is 0 Å². The number of carbonyl (C=O) groups is 1. The van der Waals surface area contributed by atoms with E-state index in [4.69, 9.17) is 37.4 Å². The maximum atomic E-state index is 13.0. The first-order valence-corrected chi connectivity index (χ1v) is 9.38. The number of nitrogens with zero attached hydrogens (tertiary/aromatic N) is 1. The van der Waals surface area contributed by atoms with Gasteiger partial charge in [0.25, 0.3) is 0 Å². The Bertz CT molecular complexity index is 967. The van der Waals surface area contributed by atoms with Gasteiger partial charge in [-0.25, -0.2) is 4.79 Å². The van der Waals surface area contributed by atoms with E-state index in [1.54, 1.807) is 29.2 Å². The Morgan fingerprint density at radius 1 is 1.15 bits per heavy atom. The molecule has 2 aromatic rings. The smallest absolute Gasteiger partial charge is 0.325 e. The zero-order valence-corrected chi connectivity index (χ0v) is 15.9. The van der Waals surface area contributed by atoms with Gasteiger partial charge in [-0.05, 0) is 31.2 Å². The van der Waals surface area contributed by atoms with Crippen LogP contribution in [0.1, 0.15) is 24.9 Å². The quantitative estimate of drug-likeness (QED) is 0.755. The molecule has 2 aromatic carbocycles. The molecular formula is C19H16Cl2N2O4. The monoisotopic (exact) mass is 406 g/mol.